The molecule has 2 atom stereocenters. The molecular weight excluding hydrogens is 336 g/mol. The molecule has 3 nitrogen and oxygen atoms in total. The molecule has 0 radical (unpaired) electrons. The van der Waals surface area contributed by atoms with Gasteiger partial charge >= 0.3 is 6.18 Å². The number of halogens is 5. The fourth-order valence-corrected chi connectivity index (χ4v) is 2.16. The van der Waals surface area contributed by atoms with Crippen LogP contribution in [-0.4, -0.2) is 16.1 Å². The molecular formula is C15H13ClF4N2O. The predicted molar refractivity (Wildman–Crippen MR) is 78.7 cm³/mol. The first kappa shape index (κ1) is 17.5. The van der Waals surface area contributed by atoms with Crippen LogP contribution >= 0.6 is 11.6 Å². The molecule has 0 bridgehead atoms. The van der Waals surface area contributed by atoms with Gasteiger partial charge in [0, 0.05) is 6.20 Å². The third-order valence-corrected chi connectivity index (χ3v) is 3.51. The van der Waals surface area contributed by atoms with Crippen molar-refractivity contribution in [2.75, 3.05) is 5.32 Å². The highest BCUT2D eigenvalue weighted by atomic mass is 35.5. The molecule has 0 aliphatic carbocycles. The van der Waals surface area contributed by atoms with Crippen LogP contribution in [0.2, 0.25) is 5.02 Å². The maximum absolute atomic E-state index is 12.9. The number of nitrogens with zero attached hydrogens (tertiary/aromatic N) is 1. The van der Waals surface area contributed by atoms with Crippen LogP contribution in [0.4, 0.5) is 23.4 Å². The zero-order valence-corrected chi connectivity index (χ0v) is 12.7. The van der Waals surface area contributed by atoms with Gasteiger partial charge in [-0.1, -0.05) is 23.7 Å². The summed E-state index contributed by atoms with van der Waals surface area (Å²) in [5.41, 5.74) is -0.505. The Balaban J connectivity index is 2.13. The van der Waals surface area contributed by atoms with E-state index in [0.717, 1.165) is 6.07 Å². The maximum Gasteiger partial charge on any atom is 0.417 e. The third-order valence-electron chi connectivity index (χ3n) is 3.22. The van der Waals surface area contributed by atoms with E-state index >= 15 is 0 Å². The lowest BCUT2D eigenvalue weighted by molar-refractivity contribution is -0.137. The van der Waals surface area contributed by atoms with Crippen molar-refractivity contribution < 1.29 is 22.7 Å². The number of hydrogen-bond donors (Lipinski definition) is 2. The van der Waals surface area contributed by atoms with Gasteiger partial charge in [-0.05, 0) is 30.7 Å². The van der Waals surface area contributed by atoms with Crippen molar-refractivity contribution in [3.8, 4) is 0 Å². The highest BCUT2D eigenvalue weighted by molar-refractivity contribution is 6.33. The van der Waals surface area contributed by atoms with Gasteiger partial charge in [0.1, 0.15) is 11.6 Å². The van der Waals surface area contributed by atoms with Gasteiger partial charge in [0.15, 0.2) is 0 Å². The Bertz CT molecular complexity index is 676. The molecule has 0 spiro atoms. The lowest BCUT2D eigenvalue weighted by Crippen LogP contribution is -2.25. The first-order valence-corrected chi connectivity index (χ1v) is 6.99. The molecule has 1 aromatic heterocycles. The van der Waals surface area contributed by atoms with Crippen molar-refractivity contribution in [1.82, 2.24) is 4.98 Å². The summed E-state index contributed by atoms with van der Waals surface area (Å²) in [5, 5.41) is 12.7. The molecule has 1 heterocycles. The SMILES string of the molecule is C[C@@H](Nc1ncc(C(F)(F)F)cc1Cl)[C@H](O)c1ccc(F)cc1. The van der Waals surface area contributed by atoms with Crippen molar-refractivity contribution in [2.24, 2.45) is 0 Å². The van der Waals surface area contributed by atoms with Gasteiger partial charge in [0.2, 0.25) is 0 Å². The maximum atomic E-state index is 12.9. The Labute approximate surface area is 134 Å². The first-order valence-electron chi connectivity index (χ1n) is 6.61. The second kappa shape index (κ2) is 6.72. The van der Waals surface area contributed by atoms with Crippen molar-refractivity contribution in [1.29, 1.82) is 0 Å². The van der Waals surface area contributed by atoms with E-state index in [0.29, 0.717) is 11.8 Å². The van der Waals surface area contributed by atoms with Gasteiger partial charge < -0.3 is 10.4 Å². The number of alkyl halides is 3. The molecule has 2 rings (SSSR count). The van der Waals surface area contributed by atoms with E-state index in [1.54, 1.807) is 6.92 Å². The van der Waals surface area contributed by atoms with Gasteiger partial charge in [0.05, 0.1) is 22.7 Å². The largest absolute Gasteiger partial charge is 0.417 e. The average Bonchev–Trinajstić information content (AvgIpc) is 2.48. The van der Waals surface area contributed by atoms with Crippen LogP contribution in [0.3, 0.4) is 0 Å². The Kier molecular flexibility index (Phi) is 5.11. The summed E-state index contributed by atoms with van der Waals surface area (Å²) in [6.45, 7) is 1.60. The number of benzene rings is 1. The second-order valence-electron chi connectivity index (χ2n) is 4.98. The number of aliphatic hydroxyl groups is 1. The summed E-state index contributed by atoms with van der Waals surface area (Å²) in [5.74, 6) is -0.414. The van der Waals surface area contributed by atoms with Crippen LogP contribution in [0.5, 0.6) is 0 Å². The number of anilines is 1. The Morgan fingerprint density at radius 1 is 1.22 bits per heavy atom. The molecule has 2 N–H and O–H groups in total. The zero-order chi connectivity index (χ0) is 17.2. The molecule has 0 saturated carbocycles. The van der Waals surface area contributed by atoms with Gasteiger partial charge in [0.25, 0.3) is 0 Å². The van der Waals surface area contributed by atoms with E-state index in [9.17, 15) is 22.7 Å². The van der Waals surface area contributed by atoms with Crippen LogP contribution in [0.1, 0.15) is 24.2 Å². The Morgan fingerprint density at radius 2 is 1.83 bits per heavy atom. The van der Waals surface area contributed by atoms with E-state index in [-0.39, 0.29) is 10.8 Å². The summed E-state index contributed by atoms with van der Waals surface area (Å²) in [6, 6.07) is 5.39. The van der Waals surface area contributed by atoms with Crippen molar-refractivity contribution in [3.63, 3.8) is 0 Å². The summed E-state index contributed by atoms with van der Waals surface area (Å²) in [7, 11) is 0. The molecule has 2 aromatic rings. The summed E-state index contributed by atoms with van der Waals surface area (Å²) in [4.78, 5) is 3.64. The van der Waals surface area contributed by atoms with Gasteiger partial charge in [-0.15, -0.1) is 0 Å². The van der Waals surface area contributed by atoms with Crippen LogP contribution in [0.25, 0.3) is 0 Å². The summed E-state index contributed by atoms with van der Waals surface area (Å²) < 4.78 is 50.5. The normalized spacial score (nSPS) is 14.4. The van der Waals surface area contributed by atoms with Crippen LogP contribution in [-0.2, 0) is 6.18 Å². The third kappa shape index (κ3) is 4.33. The topological polar surface area (TPSA) is 45.2 Å². The fraction of sp³-hybridized carbons (Fsp3) is 0.267. The highest BCUT2D eigenvalue weighted by Gasteiger charge is 2.31. The van der Waals surface area contributed by atoms with Gasteiger partial charge in [-0.3, -0.25) is 0 Å². The standard InChI is InChI=1S/C15H13ClF4N2O/c1-8(13(23)9-2-4-11(17)5-3-9)22-14-12(16)6-10(7-21-14)15(18,19)20/h2-8,13,23H,1H3,(H,21,22)/t8-,13+/m1/s1. The minimum Gasteiger partial charge on any atom is -0.386 e. The molecule has 0 amide bonds. The monoisotopic (exact) mass is 348 g/mol. The molecule has 23 heavy (non-hydrogen) atoms. The smallest absolute Gasteiger partial charge is 0.386 e. The molecule has 8 heteroatoms. The quantitative estimate of drug-likeness (QED) is 0.804. The number of aromatic nitrogens is 1. The lowest BCUT2D eigenvalue weighted by Gasteiger charge is -2.22. The lowest BCUT2D eigenvalue weighted by atomic mass is 10.0. The van der Waals surface area contributed by atoms with Crippen LogP contribution in [0.15, 0.2) is 36.5 Å². The van der Waals surface area contributed by atoms with Crippen LogP contribution in [0, 0.1) is 5.82 Å². The Hall–Kier alpha value is -1.86. The average molecular weight is 349 g/mol. The fourth-order valence-electron chi connectivity index (χ4n) is 1.94. The van der Waals surface area contributed by atoms with Crippen molar-refractivity contribution >= 4 is 17.4 Å². The summed E-state index contributed by atoms with van der Waals surface area (Å²) >= 11 is 5.79. The minimum atomic E-state index is -4.53. The van der Waals surface area contributed by atoms with Gasteiger partial charge in [-0.25, -0.2) is 9.37 Å². The number of aliphatic hydroxyl groups excluding tert-OH is 1. The predicted octanol–water partition coefficient (Wildman–Crippen LogP) is 4.43. The number of rotatable bonds is 4. The molecule has 0 aliphatic heterocycles. The van der Waals surface area contributed by atoms with E-state index in [2.05, 4.69) is 10.3 Å². The number of pyridine rings is 1. The number of hydrogen-bond acceptors (Lipinski definition) is 3. The summed E-state index contributed by atoms with van der Waals surface area (Å²) in [6.07, 6.45) is -4.89. The Morgan fingerprint density at radius 3 is 2.35 bits per heavy atom. The first-order chi connectivity index (χ1) is 10.7. The van der Waals surface area contributed by atoms with Crippen LogP contribution < -0.4 is 5.32 Å². The van der Waals surface area contributed by atoms with Crippen molar-refractivity contribution in [2.45, 2.75) is 25.2 Å². The number of nitrogens with one attached hydrogen (secondary N) is 1. The molecule has 0 saturated heterocycles. The van der Waals surface area contributed by atoms with E-state index in [4.69, 9.17) is 11.6 Å². The molecule has 0 unspecified atom stereocenters. The molecule has 0 fully saturated rings. The second-order valence-corrected chi connectivity index (χ2v) is 5.39. The molecule has 0 aliphatic rings. The minimum absolute atomic E-state index is 0.0216. The van der Waals surface area contributed by atoms with E-state index < -0.39 is 29.7 Å². The molecule has 1 aromatic carbocycles. The molecule has 124 valence electrons. The van der Waals surface area contributed by atoms with Crippen molar-refractivity contribution in [3.05, 3.63) is 58.5 Å². The van der Waals surface area contributed by atoms with Gasteiger partial charge in [-0.2, -0.15) is 13.2 Å². The van der Waals surface area contributed by atoms with E-state index in [1.807, 2.05) is 0 Å². The highest BCUT2D eigenvalue weighted by Crippen LogP contribution is 2.33. The zero-order valence-electron chi connectivity index (χ0n) is 11.9. The van der Waals surface area contributed by atoms with E-state index in [1.165, 1.54) is 24.3 Å².